The third kappa shape index (κ3) is 6.35. The van der Waals surface area contributed by atoms with Crippen LogP contribution in [0.1, 0.15) is 67.3 Å². The van der Waals surface area contributed by atoms with Crippen LogP contribution >= 0.6 is 11.3 Å². The summed E-state index contributed by atoms with van der Waals surface area (Å²) in [6.07, 6.45) is 2.69. The van der Waals surface area contributed by atoms with E-state index in [1.165, 1.54) is 22.1 Å². The highest BCUT2D eigenvalue weighted by Gasteiger charge is 2.36. The zero-order chi connectivity index (χ0) is 32.6. The molecule has 6 rings (SSSR count). The molecule has 0 unspecified atom stereocenters. The average Bonchev–Trinajstić information content (AvgIpc) is 3.74. The summed E-state index contributed by atoms with van der Waals surface area (Å²) in [5, 5.41) is 16.5. The number of hydrogen-bond donors (Lipinski definition) is 3. The van der Waals surface area contributed by atoms with Crippen LogP contribution in [-0.2, 0) is 16.1 Å². The number of carbonyl (C=O) groups excluding carboxylic acids is 3. The van der Waals surface area contributed by atoms with E-state index in [-0.39, 0.29) is 35.4 Å². The first-order valence-electron chi connectivity index (χ1n) is 14.4. The summed E-state index contributed by atoms with van der Waals surface area (Å²) in [5.41, 5.74) is -0.542. The summed E-state index contributed by atoms with van der Waals surface area (Å²) in [7, 11) is 0. The van der Waals surface area contributed by atoms with Gasteiger partial charge in [0, 0.05) is 32.6 Å². The van der Waals surface area contributed by atoms with Crippen LogP contribution in [0.2, 0.25) is 0 Å². The van der Waals surface area contributed by atoms with Crippen LogP contribution < -0.4 is 21.5 Å². The number of amides is 3. The molecule has 0 bridgehead atoms. The van der Waals surface area contributed by atoms with Gasteiger partial charge in [0.15, 0.2) is 0 Å². The first kappa shape index (κ1) is 30.6. The molecule has 1 aliphatic heterocycles. The van der Waals surface area contributed by atoms with Crippen LogP contribution in [0, 0.1) is 0 Å². The fourth-order valence-electron chi connectivity index (χ4n) is 5.15. The minimum absolute atomic E-state index is 0.0926. The summed E-state index contributed by atoms with van der Waals surface area (Å²) in [5.74, 6) is -0.414. The topological polar surface area (TPSA) is 183 Å². The maximum absolute atomic E-state index is 13.6. The Morgan fingerprint density at radius 2 is 1.85 bits per heavy atom. The van der Waals surface area contributed by atoms with Crippen LogP contribution in [0.25, 0.3) is 21.3 Å². The van der Waals surface area contributed by atoms with Gasteiger partial charge in [0.1, 0.15) is 34.7 Å². The van der Waals surface area contributed by atoms with Gasteiger partial charge in [0.05, 0.1) is 12.7 Å². The van der Waals surface area contributed by atoms with Crippen molar-refractivity contribution in [2.75, 3.05) is 10.6 Å². The lowest BCUT2D eigenvalue weighted by Gasteiger charge is -2.19. The smallest absolute Gasteiger partial charge is 0.413 e. The van der Waals surface area contributed by atoms with Crippen LogP contribution in [0.4, 0.5) is 16.3 Å². The number of pyridine rings is 1. The molecule has 2 atom stereocenters. The van der Waals surface area contributed by atoms with Crippen molar-refractivity contribution in [3.63, 3.8) is 0 Å². The maximum atomic E-state index is 13.6. The maximum Gasteiger partial charge on any atom is 0.413 e. The van der Waals surface area contributed by atoms with Crippen LogP contribution in [-0.4, -0.2) is 48.4 Å². The Morgan fingerprint density at radius 3 is 2.61 bits per heavy atom. The molecule has 236 valence electrons. The van der Waals surface area contributed by atoms with Crippen molar-refractivity contribution in [2.45, 2.75) is 58.2 Å². The van der Waals surface area contributed by atoms with Gasteiger partial charge in [-0.05, 0) is 49.6 Å². The molecule has 0 saturated heterocycles. The number of hydrogen-bond acceptors (Lipinski definition) is 11. The zero-order valence-electron chi connectivity index (χ0n) is 25.4. The van der Waals surface area contributed by atoms with E-state index < -0.39 is 29.2 Å². The SMILES string of the molecule is C[C@@H]1C[C@@H](C(=O)NCc2cc3cnc(NC(=O)OC(C)(C)C)cc3s2)n2c1ncc(NC(=O)c1nonc1-c1ccccc1)c2=O. The van der Waals surface area contributed by atoms with E-state index in [0.717, 1.165) is 15.0 Å². The number of aromatic nitrogens is 5. The van der Waals surface area contributed by atoms with Crippen LogP contribution in [0.15, 0.2) is 64.3 Å². The number of nitrogens with one attached hydrogen (secondary N) is 3. The van der Waals surface area contributed by atoms with Gasteiger partial charge in [-0.25, -0.2) is 19.4 Å². The molecule has 3 N–H and O–H groups in total. The number of anilines is 2. The van der Waals surface area contributed by atoms with E-state index >= 15 is 0 Å². The lowest BCUT2D eigenvalue weighted by molar-refractivity contribution is -0.124. The summed E-state index contributed by atoms with van der Waals surface area (Å²) in [6.45, 7) is 7.43. The second kappa shape index (κ2) is 12.2. The van der Waals surface area contributed by atoms with E-state index in [0.29, 0.717) is 23.6 Å². The van der Waals surface area contributed by atoms with E-state index in [1.54, 1.807) is 57.3 Å². The van der Waals surface area contributed by atoms with E-state index in [1.807, 2.05) is 19.1 Å². The molecule has 5 heterocycles. The molecule has 4 aromatic heterocycles. The molecule has 5 aromatic rings. The Labute approximate surface area is 266 Å². The summed E-state index contributed by atoms with van der Waals surface area (Å²) in [4.78, 5) is 61.8. The minimum Gasteiger partial charge on any atom is -0.444 e. The molecule has 0 spiro atoms. The fourth-order valence-corrected chi connectivity index (χ4v) is 6.16. The second-order valence-corrected chi connectivity index (χ2v) is 13.0. The Morgan fingerprint density at radius 1 is 1.07 bits per heavy atom. The van der Waals surface area contributed by atoms with Gasteiger partial charge in [0.2, 0.25) is 11.6 Å². The third-order valence-corrected chi connectivity index (χ3v) is 8.27. The molecular weight excluding hydrogens is 612 g/mol. The van der Waals surface area contributed by atoms with Gasteiger partial charge in [-0.2, -0.15) is 0 Å². The number of nitrogens with zero attached hydrogens (tertiary/aromatic N) is 5. The number of ether oxygens (including phenoxy) is 1. The molecule has 3 amide bonds. The predicted molar refractivity (Wildman–Crippen MR) is 170 cm³/mol. The quantitative estimate of drug-likeness (QED) is 0.221. The van der Waals surface area contributed by atoms with Crippen molar-refractivity contribution < 1.29 is 23.7 Å². The molecule has 15 heteroatoms. The summed E-state index contributed by atoms with van der Waals surface area (Å²) in [6, 6.07) is 11.7. The number of carbonyl (C=O) groups is 3. The third-order valence-electron chi connectivity index (χ3n) is 7.17. The normalized spacial score (nSPS) is 15.7. The number of thiophene rings is 1. The van der Waals surface area contributed by atoms with E-state index in [4.69, 9.17) is 9.37 Å². The molecule has 0 fully saturated rings. The van der Waals surface area contributed by atoms with Gasteiger partial charge in [-0.15, -0.1) is 11.3 Å². The minimum atomic E-state index is -0.823. The van der Waals surface area contributed by atoms with Crippen molar-refractivity contribution in [1.29, 1.82) is 0 Å². The Bertz CT molecular complexity index is 2010. The number of fused-ring (bicyclic) bond motifs is 2. The van der Waals surface area contributed by atoms with Crippen LogP contribution in [0.3, 0.4) is 0 Å². The van der Waals surface area contributed by atoms with Gasteiger partial charge >= 0.3 is 6.09 Å². The zero-order valence-corrected chi connectivity index (χ0v) is 26.2. The highest BCUT2D eigenvalue weighted by atomic mass is 32.1. The highest BCUT2D eigenvalue weighted by Crippen LogP contribution is 2.34. The van der Waals surface area contributed by atoms with Crippen molar-refractivity contribution >= 4 is 50.8 Å². The van der Waals surface area contributed by atoms with Gasteiger partial charge in [-0.1, -0.05) is 37.3 Å². The summed E-state index contributed by atoms with van der Waals surface area (Å²) < 4.78 is 12.3. The van der Waals surface area contributed by atoms with Crippen LogP contribution in [0.5, 0.6) is 0 Å². The van der Waals surface area contributed by atoms with Crippen molar-refractivity contribution in [1.82, 2.24) is 30.2 Å². The Balaban J connectivity index is 1.15. The number of benzene rings is 1. The van der Waals surface area contributed by atoms with Crippen molar-refractivity contribution in [3.8, 4) is 11.3 Å². The molecule has 0 radical (unpaired) electrons. The van der Waals surface area contributed by atoms with Gasteiger partial charge in [-0.3, -0.25) is 24.3 Å². The largest absolute Gasteiger partial charge is 0.444 e. The average molecular weight is 643 g/mol. The lowest BCUT2D eigenvalue weighted by Crippen LogP contribution is -2.36. The molecule has 14 nitrogen and oxygen atoms in total. The molecule has 0 aliphatic carbocycles. The Hall–Kier alpha value is -5.44. The Kier molecular flexibility index (Phi) is 8.08. The molecule has 1 aromatic carbocycles. The first-order chi connectivity index (χ1) is 22.0. The highest BCUT2D eigenvalue weighted by molar-refractivity contribution is 7.19. The first-order valence-corrected chi connectivity index (χ1v) is 15.3. The molecular formula is C31H30N8O6S. The second-order valence-electron chi connectivity index (χ2n) is 11.8. The van der Waals surface area contributed by atoms with E-state index in [2.05, 4.69) is 36.2 Å². The standard InChI is InChI=1S/C31H30N8O6S/c1-16-10-21(27(40)34-14-19-11-18-13-32-23(12-22(18)46-19)36-30(43)44-31(2,3)4)39-26(16)33-15-20(29(39)42)35-28(41)25-24(37-45-38-25)17-8-6-5-7-9-17/h5-9,11-13,15-16,21H,10,14H2,1-4H3,(H,34,40)(H,35,41)(H,32,36,43)/t16-,21+/m1/s1. The van der Waals surface area contributed by atoms with Gasteiger partial charge < -0.3 is 15.4 Å². The number of rotatable bonds is 7. The predicted octanol–water partition coefficient (Wildman–Crippen LogP) is 4.87. The molecule has 1 aliphatic rings. The van der Waals surface area contributed by atoms with E-state index in [9.17, 15) is 19.2 Å². The van der Waals surface area contributed by atoms with Crippen molar-refractivity contribution in [3.05, 3.63) is 81.6 Å². The summed E-state index contributed by atoms with van der Waals surface area (Å²) >= 11 is 1.44. The fraction of sp³-hybridized carbons (Fsp3) is 0.290. The molecule has 46 heavy (non-hydrogen) atoms. The monoisotopic (exact) mass is 642 g/mol. The van der Waals surface area contributed by atoms with Crippen molar-refractivity contribution in [2.24, 2.45) is 0 Å². The lowest BCUT2D eigenvalue weighted by atomic mass is 10.1. The van der Waals surface area contributed by atoms with Gasteiger partial charge in [0.25, 0.3) is 11.5 Å². The molecule has 0 saturated carbocycles.